The Morgan fingerprint density at radius 3 is 3.00 bits per heavy atom. The van der Waals surface area contributed by atoms with Gasteiger partial charge in [-0.25, -0.2) is 4.98 Å². The largest absolute Gasteiger partial charge is 0.295 e. The first-order valence-electron chi connectivity index (χ1n) is 3.92. The monoisotopic (exact) mass is 272 g/mol. The van der Waals surface area contributed by atoms with Crippen molar-refractivity contribution in [2.45, 2.75) is 6.92 Å². The number of imidazole rings is 1. The van der Waals surface area contributed by atoms with E-state index in [1.165, 1.54) is 13.1 Å². The van der Waals surface area contributed by atoms with E-state index in [0.717, 1.165) is 4.47 Å². The lowest BCUT2D eigenvalue weighted by Gasteiger charge is -2.00. The van der Waals surface area contributed by atoms with Gasteiger partial charge in [0.15, 0.2) is 11.4 Å². The number of fused-ring (bicyclic) bond motifs is 1. The molecule has 0 radical (unpaired) electrons. The first-order valence-corrected chi connectivity index (χ1v) is 5.09. The van der Waals surface area contributed by atoms with Crippen molar-refractivity contribution in [3.8, 4) is 0 Å². The SMILES string of the molecule is CC(=O)c1cnc2c(Cl)cc(Br)cn12. The van der Waals surface area contributed by atoms with Gasteiger partial charge in [-0.05, 0) is 22.0 Å². The standard InChI is InChI=1S/C9H6BrClN2O/c1-5(14)8-3-12-9-7(11)2-6(10)4-13(8)9/h2-4H,1H3. The Morgan fingerprint density at radius 1 is 1.64 bits per heavy atom. The van der Waals surface area contributed by atoms with E-state index in [-0.39, 0.29) is 5.78 Å². The highest BCUT2D eigenvalue weighted by Crippen LogP contribution is 2.22. The molecular formula is C9H6BrClN2O. The normalized spacial score (nSPS) is 10.8. The zero-order valence-corrected chi connectivity index (χ0v) is 9.63. The second-order valence-electron chi connectivity index (χ2n) is 2.90. The maximum absolute atomic E-state index is 11.2. The molecule has 2 heterocycles. The first-order chi connectivity index (χ1) is 6.59. The van der Waals surface area contributed by atoms with Crippen LogP contribution in [0.5, 0.6) is 0 Å². The Morgan fingerprint density at radius 2 is 2.36 bits per heavy atom. The molecule has 0 bridgehead atoms. The molecule has 0 fully saturated rings. The fourth-order valence-electron chi connectivity index (χ4n) is 1.27. The number of hydrogen-bond acceptors (Lipinski definition) is 2. The minimum atomic E-state index is -0.0355. The highest BCUT2D eigenvalue weighted by Gasteiger charge is 2.10. The second-order valence-corrected chi connectivity index (χ2v) is 4.22. The van der Waals surface area contributed by atoms with Crippen LogP contribution < -0.4 is 0 Å². The molecule has 0 spiro atoms. The maximum Gasteiger partial charge on any atom is 0.178 e. The van der Waals surface area contributed by atoms with E-state index in [4.69, 9.17) is 11.6 Å². The van der Waals surface area contributed by atoms with Crippen LogP contribution in [0, 0.1) is 0 Å². The summed E-state index contributed by atoms with van der Waals surface area (Å²) in [6.07, 6.45) is 3.29. The van der Waals surface area contributed by atoms with Gasteiger partial charge in [0.1, 0.15) is 5.69 Å². The molecule has 5 heteroatoms. The minimum absolute atomic E-state index is 0.0355. The van der Waals surface area contributed by atoms with Crippen molar-refractivity contribution >= 4 is 39.0 Å². The van der Waals surface area contributed by atoms with Crippen LogP contribution in [0.3, 0.4) is 0 Å². The molecule has 2 aromatic heterocycles. The molecule has 2 rings (SSSR count). The van der Waals surface area contributed by atoms with E-state index >= 15 is 0 Å². The summed E-state index contributed by atoms with van der Waals surface area (Å²) in [6.45, 7) is 1.50. The van der Waals surface area contributed by atoms with Crippen LogP contribution in [-0.2, 0) is 0 Å². The third kappa shape index (κ3) is 1.44. The summed E-state index contributed by atoms with van der Waals surface area (Å²) in [4.78, 5) is 15.3. The molecule has 0 amide bonds. The Labute approximate surface area is 93.8 Å². The van der Waals surface area contributed by atoms with Crippen LogP contribution in [0.2, 0.25) is 5.02 Å². The van der Waals surface area contributed by atoms with E-state index < -0.39 is 0 Å². The number of rotatable bonds is 1. The predicted molar refractivity (Wildman–Crippen MR) is 57.9 cm³/mol. The van der Waals surface area contributed by atoms with E-state index in [9.17, 15) is 4.79 Å². The molecule has 0 aliphatic heterocycles. The van der Waals surface area contributed by atoms with Gasteiger partial charge in [0.05, 0.1) is 11.2 Å². The molecule has 3 nitrogen and oxygen atoms in total. The molecule has 14 heavy (non-hydrogen) atoms. The lowest BCUT2D eigenvalue weighted by atomic mass is 10.3. The van der Waals surface area contributed by atoms with Crippen LogP contribution in [0.15, 0.2) is 22.9 Å². The number of hydrogen-bond donors (Lipinski definition) is 0. The molecule has 0 aromatic carbocycles. The number of nitrogens with zero attached hydrogens (tertiary/aromatic N) is 2. The smallest absolute Gasteiger partial charge is 0.178 e. The number of halogens is 2. The Balaban J connectivity index is 2.85. The fraction of sp³-hybridized carbons (Fsp3) is 0.111. The highest BCUT2D eigenvalue weighted by molar-refractivity contribution is 9.10. The van der Waals surface area contributed by atoms with E-state index in [0.29, 0.717) is 16.4 Å². The number of Topliss-reactive ketones (excluding diaryl/α,β-unsaturated/α-hetero) is 1. The zero-order chi connectivity index (χ0) is 10.3. The van der Waals surface area contributed by atoms with Crippen molar-refractivity contribution in [2.24, 2.45) is 0 Å². The van der Waals surface area contributed by atoms with Crippen molar-refractivity contribution in [3.05, 3.63) is 33.6 Å². The summed E-state index contributed by atoms with van der Waals surface area (Å²) in [5, 5.41) is 0.520. The molecule has 0 unspecified atom stereocenters. The van der Waals surface area contributed by atoms with Gasteiger partial charge in [-0.15, -0.1) is 0 Å². The summed E-state index contributed by atoms with van der Waals surface area (Å²) < 4.78 is 2.49. The predicted octanol–water partition coefficient (Wildman–Crippen LogP) is 2.95. The van der Waals surface area contributed by atoms with Crippen molar-refractivity contribution < 1.29 is 4.79 Å². The molecule has 0 N–H and O–H groups in total. The Kier molecular flexibility index (Phi) is 2.33. The Bertz CT molecular complexity index is 521. The van der Waals surface area contributed by atoms with Crippen LogP contribution >= 0.6 is 27.5 Å². The van der Waals surface area contributed by atoms with Gasteiger partial charge in [0, 0.05) is 17.6 Å². The van der Waals surface area contributed by atoms with Crippen molar-refractivity contribution in [1.29, 1.82) is 0 Å². The lowest BCUT2D eigenvalue weighted by Crippen LogP contribution is -1.98. The summed E-state index contributed by atoms with van der Waals surface area (Å²) >= 11 is 9.26. The fourth-order valence-corrected chi connectivity index (χ4v) is 2.10. The van der Waals surface area contributed by atoms with Crippen molar-refractivity contribution in [3.63, 3.8) is 0 Å². The van der Waals surface area contributed by atoms with Crippen LogP contribution in [0.4, 0.5) is 0 Å². The molecule has 2 aromatic rings. The van der Waals surface area contributed by atoms with E-state index in [1.54, 1.807) is 16.7 Å². The summed E-state index contributed by atoms with van der Waals surface area (Å²) in [5.74, 6) is -0.0355. The maximum atomic E-state index is 11.2. The molecule has 0 atom stereocenters. The molecule has 0 saturated carbocycles. The van der Waals surface area contributed by atoms with Crippen LogP contribution in [-0.4, -0.2) is 15.2 Å². The molecule has 0 aliphatic rings. The summed E-state index contributed by atoms with van der Waals surface area (Å²) in [6, 6.07) is 1.74. The minimum Gasteiger partial charge on any atom is -0.295 e. The summed E-state index contributed by atoms with van der Waals surface area (Å²) in [5.41, 5.74) is 1.13. The van der Waals surface area contributed by atoms with E-state index in [1.807, 2.05) is 0 Å². The quantitative estimate of drug-likeness (QED) is 0.749. The third-order valence-electron chi connectivity index (χ3n) is 1.89. The second kappa shape index (κ2) is 3.37. The number of pyridine rings is 1. The van der Waals surface area contributed by atoms with Gasteiger partial charge >= 0.3 is 0 Å². The number of aromatic nitrogens is 2. The van der Waals surface area contributed by atoms with Gasteiger partial charge in [0.2, 0.25) is 0 Å². The lowest BCUT2D eigenvalue weighted by molar-refractivity contribution is 0.101. The first kappa shape index (κ1) is 9.68. The van der Waals surface area contributed by atoms with Crippen LogP contribution in [0.25, 0.3) is 5.65 Å². The third-order valence-corrected chi connectivity index (χ3v) is 2.60. The Hall–Kier alpha value is -0.870. The van der Waals surface area contributed by atoms with Gasteiger partial charge in [-0.3, -0.25) is 9.20 Å². The summed E-state index contributed by atoms with van der Waals surface area (Å²) in [7, 11) is 0. The van der Waals surface area contributed by atoms with Crippen LogP contribution in [0.1, 0.15) is 17.4 Å². The van der Waals surface area contributed by atoms with Crippen molar-refractivity contribution in [2.75, 3.05) is 0 Å². The zero-order valence-electron chi connectivity index (χ0n) is 7.29. The van der Waals surface area contributed by atoms with Gasteiger partial charge in [-0.1, -0.05) is 11.6 Å². The molecule has 0 saturated heterocycles. The van der Waals surface area contributed by atoms with E-state index in [2.05, 4.69) is 20.9 Å². The highest BCUT2D eigenvalue weighted by atomic mass is 79.9. The molecule has 0 aliphatic carbocycles. The average Bonchev–Trinajstić information content (AvgIpc) is 2.47. The number of carbonyl (C=O) groups is 1. The van der Waals surface area contributed by atoms with Gasteiger partial charge < -0.3 is 0 Å². The molecular weight excluding hydrogens is 267 g/mol. The van der Waals surface area contributed by atoms with Crippen molar-refractivity contribution in [1.82, 2.24) is 9.38 Å². The number of ketones is 1. The molecule has 72 valence electrons. The van der Waals surface area contributed by atoms with Gasteiger partial charge in [-0.2, -0.15) is 0 Å². The topological polar surface area (TPSA) is 34.4 Å². The number of carbonyl (C=O) groups excluding carboxylic acids is 1. The van der Waals surface area contributed by atoms with Gasteiger partial charge in [0.25, 0.3) is 0 Å². The average molecular weight is 274 g/mol.